The van der Waals surface area contributed by atoms with Crippen LogP contribution in [0.4, 0.5) is 4.39 Å². The zero-order valence-corrected chi connectivity index (χ0v) is 9.84. The van der Waals surface area contributed by atoms with Crippen molar-refractivity contribution in [2.24, 2.45) is 0 Å². The SMILES string of the molecule is COC(C(=O)c1cncc(F)c1)c1ccccc1. The summed E-state index contributed by atoms with van der Waals surface area (Å²) in [6.45, 7) is 0. The van der Waals surface area contributed by atoms with Gasteiger partial charge in [-0.15, -0.1) is 0 Å². The third-order valence-corrected chi connectivity index (χ3v) is 2.57. The predicted molar refractivity (Wildman–Crippen MR) is 64.7 cm³/mol. The fourth-order valence-corrected chi connectivity index (χ4v) is 1.72. The van der Waals surface area contributed by atoms with Crippen LogP contribution in [0.3, 0.4) is 0 Å². The quantitative estimate of drug-likeness (QED) is 0.777. The summed E-state index contributed by atoms with van der Waals surface area (Å²) >= 11 is 0. The van der Waals surface area contributed by atoms with Gasteiger partial charge in [0.05, 0.1) is 6.20 Å². The zero-order chi connectivity index (χ0) is 13.0. The number of hydrogen-bond acceptors (Lipinski definition) is 3. The molecule has 0 spiro atoms. The van der Waals surface area contributed by atoms with E-state index in [4.69, 9.17) is 4.74 Å². The Hall–Kier alpha value is -2.07. The van der Waals surface area contributed by atoms with Crippen LogP contribution >= 0.6 is 0 Å². The summed E-state index contributed by atoms with van der Waals surface area (Å²) in [5.41, 5.74) is 0.931. The second kappa shape index (κ2) is 5.51. The minimum absolute atomic E-state index is 0.200. The third-order valence-electron chi connectivity index (χ3n) is 2.57. The minimum Gasteiger partial charge on any atom is -0.369 e. The van der Waals surface area contributed by atoms with Gasteiger partial charge >= 0.3 is 0 Å². The molecule has 0 fully saturated rings. The number of benzene rings is 1. The minimum atomic E-state index is -0.741. The summed E-state index contributed by atoms with van der Waals surface area (Å²) in [5.74, 6) is -0.848. The Kier molecular flexibility index (Phi) is 3.79. The van der Waals surface area contributed by atoms with Gasteiger partial charge in [-0.2, -0.15) is 0 Å². The highest BCUT2D eigenvalue weighted by atomic mass is 19.1. The van der Waals surface area contributed by atoms with Crippen molar-refractivity contribution < 1.29 is 13.9 Å². The van der Waals surface area contributed by atoms with Gasteiger partial charge in [-0.3, -0.25) is 9.78 Å². The number of Topliss-reactive ketones (excluding diaryl/α,β-unsaturated/α-hetero) is 1. The number of halogens is 1. The molecule has 0 radical (unpaired) electrons. The van der Waals surface area contributed by atoms with Crippen molar-refractivity contribution in [3.05, 3.63) is 65.7 Å². The Bertz CT molecular complexity index is 543. The summed E-state index contributed by atoms with van der Waals surface area (Å²) in [6.07, 6.45) is 1.65. The molecule has 1 aromatic carbocycles. The molecule has 0 N–H and O–H groups in total. The van der Waals surface area contributed by atoms with E-state index in [9.17, 15) is 9.18 Å². The van der Waals surface area contributed by atoms with Crippen molar-refractivity contribution in [2.75, 3.05) is 7.11 Å². The molecule has 0 saturated carbocycles. The molecular weight excluding hydrogens is 233 g/mol. The third kappa shape index (κ3) is 2.60. The summed E-state index contributed by atoms with van der Waals surface area (Å²) in [6, 6.07) is 10.2. The zero-order valence-electron chi connectivity index (χ0n) is 9.84. The topological polar surface area (TPSA) is 39.2 Å². The van der Waals surface area contributed by atoms with Gasteiger partial charge in [0.15, 0.2) is 5.78 Å². The maximum absolute atomic E-state index is 13.0. The molecule has 1 heterocycles. The van der Waals surface area contributed by atoms with Crippen LogP contribution in [0, 0.1) is 5.82 Å². The fourth-order valence-electron chi connectivity index (χ4n) is 1.72. The van der Waals surface area contributed by atoms with E-state index in [0.717, 1.165) is 17.8 Å². The van der Waals surface area contributed by atoms with Crippen molar-refractivity contribution in [2.45, 2.75) is 6.10 Å². The molecule has 4 heteroatoms. The van der Waals surface area contributed by atoms with E-state index in [-0.39, 0.29) is 11.3 Å². The van der Waals surface area contributed by atoms with Gasteiger partial charge in [0.25, 0.3) is 0 Å². The fraction of sp³-hybridized carbons (Fsp3) is 0.143. The van der Waals surface area contributed by atoms with E-state index in [2.05, 4.69) is 4.98 Å². The summed E-state index contributed by atoms with van der Waals surface area (Å²) in [4.78, 5) is 15.9. The average molecular weight is 245 g/mol. The maximum atomic E-state index is 13.0. The molecule has 2 rings (SSSR count). The van der Waals surface area contributed by atoms with Gasteiger partial charge in [-0.25, -0.2) is 4.39 Å². The highest BCUT2D eigenvalue weighted by Crippen LogP contribution is 2.21. The van der Waals surface area contributed by atoms with Gasteiger partial charge in [0.2, 0.25) is 0 Å². The number of pyridine rings is 1. The van der Waals surface area contributed by atoms with Crippen LogP contribution in [-0.4, -0.2) is 17.9 Å². The molecule has 1 atom stereocenters. The first kappa shape index (κ1) is 12.4. The Morgan fingerprint density at radius 3 is 2.61 bits per heavy atom. The first-order chi connectivity index (χ1) is 8.72. The van der Waals surface area contributed by atoms with Crippen LogP contribution in [-0.2, 0) is 4.74 Å². The second-order valence-corrected chi connectivity index (χ2v) is 3.78. The van der Waals surface area contributed by atoms with Crippen LogP contribution in [0.5, 0.6) is 0 Å². The first-order valence-electron chi connectivity index (χ1n) is 5.45. The molecule has 18 heavy (non-hydrogen) atoms. The molecular formula is C14H12FNO2. The largest absolute Gasteiger partial charge is 0.369 e. The number of ether oxygens (including phenoxy) is 1. The van der Waals surface area contributed by atoms with Crippen LogP contribution in [0.2, 0.25) is 0 Å². The number of ketones is 1. The van der Waals surface area contributed by atoms with Gasteiger partial charge in [-0.05, 0) is 11.6 Å². The van der Waals surface area contributed by atoms with Crippen LogP contribution in [0.1, 0.15) is 22.0 Å². The first-order valence-corrected chi connectivity index (χ1v) is 5.45. The molecule has 0 amide bonds. The predicted octanol–water partition coefficient (Wildman–Crippen LogP) is 2.79. The maximum Gasteiger partial charge on any atom is 0.197 e. The van der Waals surface area contributed by atoms with Crippen LogP contribution in [0.25, 0.3) is 0 Å². The lowest BCUT2D eigenvalue weighted by Gasteiger charge is -2.14. The van der Waals surface area contributed by atoms with Crippen molar-refractivity contribution in [1.29, 1.82) is 0 Å². The summed E-state index contributed by atoms with van der Waals surface area (Å²) < 4.78 is 18.2. The number of hydrogen-bond donors (Lipinski definition) is 0. The van der Waals surface area contributed by atoms with E-state index in [1.807, 2.05) is 18.2 Å². The van der Waals surface area contributed by atoms with E-state index in [1.165, 1.54) is 13.3 Å². The molecule has 92 valence electrons. The molecule has 1 unspecified atom stereocenters. The van der Waals surface area contributed by atoms with E-state index in [0.29, 0.717) is 0 Å². The molecule has 0 aliphatic carbocycles. The van der Waals surface area contributed by atoms with Crippen molar-refractivity contribution in [3.8, 4) is 0 Å². The Balaban J connectivity index is 2.32. The number of carbonyl (C=O) groups is 1. The lowest BCUT2D eigenvalue weighted by Crippen LogP contribution is -2.15. The molecule has 3 nitrogen and oxygen atoms in total. The van der Waals surface area contributed by atoms with Crippen LogP contribution in [0.15, 0.2) is 48.8 Å². The molecule has 1 aromatic heterocycles. The Morgan fingerprint density at radius 1 is 1.28 bits per heavy atom. The molecule has 0 aliphatic rings. The van der Waals surface area contributed by atoms with Gasteiger partial charge in [0.1, 0.15) is 11.9 Å². The molecule has 0 saturated heterocycles. The Labute approximate surface area is 104 Å². The number of rotatable bonds is 4. The average Bonchev–Trinajstić information content (AvgIpc) is 2.41. The van der Waals surface area contributed by atoms with Crippen molar-refractivity contribution in [3.63, 3.8) is 0 Å². The van der Waals surface area contributed by atoms with E-state index in [1.54, 1.807) is 12.1 Å². The van der Waals surface area contributed by atoms with Crippen LogP contribution < -0.4 is 0 Å². The number of carbonyl (C=O) groups excluding carboxylic acids is 1. The Morgan fingerprint density at radius 2 is 2.00 bits per heavy atom. The monoisotopic (exact) mass is 245 g/mol. The normalized spacial score (nSPS) is 12.1. The highest BCUT2D eigenvalue weighted by molar-refractivity contribution is 5.99. The van der Waals surface area contributed by atoms with Gasteiger partial charge in [-0.1, -0.05) is 30.3 Å². The molecule has 0 bridgehead atoms. The highest BCUT2D eigenvalue weighted by Gasteiger charge is 2.21. The second-order valence-electron chi connectivity index (χ2n) is 3.78. The van der Waals surface area contributed by atoms with Crippen molar-refractivity contribution >= 4 is 5.78 Å². The number of aromatic nitrogens is 1. The summed E-state index contributed by atoms with van der Waals surface area (Å²) in [7, 11) is 1.45. The van der Waals surface area contributed by atoms with E-state index < -0.39 is 11.9 Å². The molecule has 0 aliphatic heterocycles. The smallest absolute Gasteiger partial charge is 0.197 e. The van der Waals surface area contributed by atoms with Gasteiger partial charge in [0, 0.05) is 18.9 Å². The standard InChI is InChI=1S/C14H12FNO2/c1-18-14(10-5-3-2-4-6-10)13(17)11-7-12(15)9-16-8-11/h2-9,14H,1H3. The summed E-state index contributed by atoms with van der Waals surface area (Å²) in [5, 5.41) is 0. The molecule has 2 aromatic rings. The van der Waals surface area contributed by atoms with Gasteiger partial charge < -0.3 is 4.74 Å². The number of nitrogens with zero attached hydrogens (tertiary/aromatic N) is 1. The van der Waals surface area contributed by atoms with E-state index >= 15 is 0 Å². The van der Waals surface area contributed by atoms with Crippen molar-refractivity contribution in [1.82, 2.24) is 4.98 Å². The lowest BCUT2D eigenvalue weighted by atomic mass is 10.0. The lowest BCUT2D eigenvalue weighted by molar-refractivity contribution is 0.0603. The number of methoxy groups -OCH3 is 1.